The van der Waals surface area contributed by atoms with Crippen molar-refractivity contribution in [2.24, 2.45) is 0 Å². The summed E-state index contributed by atoms with van der Waals surface area (Å²) in [6.07, 6.45) is -1.46. The van der Waals surface area contributed by atoms with E-state index < -0.39 is 40.5 Å². The van der Waals surface area contributed by atoms with E-state index in [4.69, 9.17) is 14.2 Å². The quantitative estimate of drug-likeness (QED) is 0.771. The van der Waals surface area contributed by atoms with Gasteiger partial charge in [0.05, 0.1) is 29.2 Å². The van der Waals surface area contributed by atoms with Crippen LogP contribution in [0.3, 0.4) is 0 Å². The highest BCUT2D eigenvalue weighted by Gasteiger charge is 2.53. The lowest BCUT2D eigenvalue weighted by molar-refractivity contribution is -0.128. The Hall–Kier alpha value is -3.07. The van der Waals surface area contributed by atoms with Crippen LogP contribution in [0.5, 0.6) is 17.2 Å². The smallest absolute Gasteiger partial charge is 0.417 e. The van der Waals surface area contributed by atoms with Gasteiger partial charge >= 0.3 is 6.09 Å². The lowest BCUT2D eigenvalue weighted by Crippen LogP contribution is -2.39. The molecular formula is C22H23NO7S. The van der Waals surface area contributed by atoms with Crippen molar-refractivity contribution in [3.05, 3.63) is 42.0 Å². The molecule has 8 nitrogen and oxygen atoms in total. The maximum Gasteiger partial charge on any atom is 0.417 e. The van der Waals surface area contributed by atoms with E-state index in [1.807, 2.05) is 0 Å². The first kappa shape index (κ1) is 21.2. The second-order valence-electron chi connectivity index (χ2n) is 8.32. The first-order valence-electron chi connectivity index (χ1n) is 9.74. The number of phenols is 1. The predicted octanol–water partition coefficient (Wildman–Crippen LogP) is 3.54. The van der Waals surface area contributed by atoms with Gasteiger partial charge in [0.2, 0.25) is 5.91 Å². The number of amides is 2. The van der Waals surface area contributed by atoms with E-state index >= 15 is 0 Å². The van der Waals surface area contributed by atoms with Crippen molar-refractivity contribution in [1.29, 1.82) is 0 Å². The number of hydrogen-bond donors (Lipinski definition) is 1. The fourth-order valence-corrected chi connectivity index (χ4v) is 5.08. The molecule has 0 radical (unpaired) electrons. The summed E-state index contributed by atoms with van der Waals surface area (Å²) < 4.78 is 29.9. The van der Waals surface area contributed by atoms with E-state index in [0.717, 1.165) is 4.90 Å². The number of imide groups is 1. The second kappa shape index (κ2) is 7.56. The molecule has 1 unspecified atom stereocenters. The van der Waals surface area contributed by atoms with Gasteiger partial charge in [-0.05, 0) is 57.2 Å². The molecule has 1 fully saturated rings. The Morgan fingerprint density at radius 2 is 1.87 bits per heavy atom. The maximum atomic E-state index is 13.4. The zero-order chi connectivity index (χ0) is 22.5. The van der Waals surface area contributed by atoms with Crippen molar-refractivity contribution >= 4 is 22.8 Å². The zero-order valence-electron chi connectivity index (χ0n) is 17.6. The van der Waals surface area contributed by atoms with Gasteiger partial charge in [-0.25, -0.2) is 13.9 Å². The highest BCUT2D eigenvalue weighted by molar-refractivity contribution is 7.85. The molecule has 4 rings (SSSR count). The van der Waals surface area contributed by atoms with Gasteiger partial charge in [0.15, 0.2) is 0 Å². The van der Waals surface area contributed by atoms with Gasteiger partial charge < -0.3 is 19.3 Å². The van der Waals surface area contributed by atoms with Crippen LogP contribution in [-0.4, -0.2) is 45.0 Å². The van der Waals surface area contributed by atoms with Gasteiger partial charge in [0, 0.05) is 10.5 Å². The molecule has 2 aliphatic rings. The van der Waals surface area contributed by atoms with E-state index in [0.29, 0.717) is 22.0 Å². The molecule has 2 aromatic carbocycles. The van der Waals surface area contributed by atoms with Crippen LogP contribution in [-0.2, 0) is 20.3 Å². The molecule has 0 bridgehead atoms. The van der Waals surface area contributed by atoms with E-state index in [1.165, 1.54) is 13.2 Å². The number of fused-ring (bicyclic) bond motifs is 3. The van der Waals surface area contributed by atoms with Crippen LogP contribution in [0.25, 0.3) is 0 Å². The van der Waals surface area contributed by atoms with Gasteiger partial charge in [0.25, 0.3) is 0 Å². The van der Waals surface area contributed by atoms with Crippen molar-refractivity contribution in [2.45, 2.75) is 54.7 Å². The molecule has 0 spiro atoms. The highest BCUT2D eigenvalue weighted by atomic mass is 32.2. The maximum absolute atomic E-state index is 13.4. The van der Waals surface area contributed by atoms with E-state index in [1.54, 1.807) is 51.1 Å². The fourth-order valence-electron chi connectivity index (χ4n) is 3.78. The number of benzene rings is 2. The number of ether oxygens (including phenoxy) is 3. The van der Waals surface area contributed by atoms with Gasteiger partial charge in [-0.2, -0.15) is 0 Å². The number of aromatic hydroxyl groups is 1. The summed E-state index contributed by atoms with van der Waals surface area (Å²) in [5.41, 5.74) is -0.443. The number of methoxy groups -OCH3 is 1. The number of carbonyl (C=O) groups is 2. The van der Waals surface area contributed by atoms with Crippen LogP contribution < -0.4 is 9.47 Å². The topological polar surface area (TPSA) is 102 Å². The third-order valence-electron chi connectivity index (χ3n) is 5.03. The van der Waals surface area contributed by atoms with Crippen molar-refractivity contribution in [3.63, 3.8) is 0 Å². The van der Waals surface area contributed by atoms with E-state index in [-0.39, 0.29) is 17.1 Å². The largest absolute Gasteiger partial charge is 0.507 e. The highest BCUT2D eigenvalue weighted by Crippen LogP contribution is 2.51. The summed E-state index contributed by atoms with van der Waals surface area (Å²) in [6, 6.07) is 8.71. The van der Waals surface area contributed by atoms with Crippen LogP contribution in [0, 0.1) is 0 Å². The number of hydrogen-bond acceptors (Lipinski definition) is 7. The summed E-state index contributed by atoms with van der Waals surface area (Å²) >= 11 is 0. The van der Waals surface area contributed by atoms with Crippen LogP contribution in [0.15, 0.2) is 46.2 Å². The first-order chi connectivity index (χ1) is 14.6. The Morgan fingerprint density at radius 3 is 2.48 bits per heavy atom. The molecule has 31 heavy (non-hydrogen) atoms. The molecule has 1 saturated heterocycles. The normalized spacial score (nSPS) is 20.6. The molecule has 164 valence electrons. The first-order valence-corrected chi connectivity index (χ1v) is 10.9. The molecule has 0 aliphatic carbocycles. The van der Waals surface area contributed by atoms with Gasteiger partial charge in [0.1, 0.15) is 35.0 Å². The molecular weight excluding hydrogens is 422 g/mol. The number of likely N-dealkylation sites (tertiary alicyclic amines) is 1. The SMILES string of the molecule is COc1ccc(S(=O)c2c(O)ccc3c2[C@H]2[C@H](CC(=O)N2C(=O)OC(C)(C)C)O3)cc1. The summed E-state index contributed by atoms with van der Waals surface area (Å²) in [4.78, 5) is 27.0. The Balaban J connectivity index is 1.78. The summed E-state index contributed by atoms with van der Waals surface area (Å²) in [6.45, 7) is 5.12. The van der Waals surface area contributed by atoms with Crippen LogP contribution in [0.4, 0.5) is 4.79 Å². The standard InChI is InChI=1S/C22H23NO7S/c1-22(2,3)30-21(26)23-17(25)11-16-19(23)18-15(29-16)10-9-14(24)20(18)31(27)13-7-5-12(28-4)6-8-13/h5-10,16,19,24H,11H2,1-4H3/t16-,19+,31?/m0/s1. The average molecular weight is 445 g/mol. The number of rotatable bonds is 3. The molecule has 3 atom stereocenters. The minimum atomic E-state index is -1.79. The van der Waals surface area contributed by atoms with Crippen molar-refractivity contribution in [1.82, 2.24) is 4.90 Å². The minimum Gasteiger partial charge on any atom is -0.507 e. The predicted molar refractivity (Wildman–Crippen MR) is 111 cm³/mol. The Bertz CT molecular complexity index is 1070. The van der Waals surface area contributed by atoms with Crippen LogP contribution in [0.1, 0.15) is 38.8 Å². The van der Waals surface area contributed by atoms with Gasteiger partial charge in [-0.15, -0.1) is 0 Å². The summed E-state index contributed by atoms with van der Waals surface area (Å²) in [7, 11) is -0.264. The Kier molecular flexibility index (Phi) is 5.17. The molecule has 9 heteroatoms. The van der Waals surface area contributed by atoms with Crippen molar-refractivity contribution in [3.8, 4) is 17.2 Å². The third kappa shape index (κ3) is 3.74. The van der Waals surface area contributed by atoms with E-state index in [9.17, 15) is 18.9 Å². The third-order valence-corrected chi connectivity index (χ3v) is 6.53. The zero-order valence-corrected chi connectivity index (χ0v) is 18.4. The molecule has 2 heterocycles. The molecule has 0 saturated carbocycles. The molecule has 2 aromatic rings. The average Bonchev–Trinajstić information content (AvgIpc) is 3.20. The lowest BCUT2D eigenvalue weighted by Gasteiger charge is -2.27. The van der Waals surface area contributed by atoms with Gasteiger partial charge in [-0.3, -0.25) is 4.79 Å². The number of nitrogens with zero attached hydrogens (tertiary/aromatic N) is 1. The van der Waals surface area contributed by atoms with Crippen LogP contribution >= 0.6 is 0 Å². The Labute approximate surface area is 182 Å². The van der Waals surface area contributed by atoms with Crippen LogP contribution in [0.2, 0.25) is 0 Å². The Morgan fingerprint density at radius 1 is 1.19 bits per heavy atom. The van der Waals surface area contributed by atoms with E-state index in [2.05, 4.69) is 0 Å². The van der Waals surface area contributed by atoms with Crippen molar-refractivity contribution < 1.29 is 33.1 Å². The summed E-state index contributed by atoms with van der Waals surface area (Å²) in [5, 5.41) is 10.6. The fraction of sp³-hybridized carbons (Fsp3) is 0.364. The monoisotopic (exact) mass is 445 g/mol. The molecule has 2 amide bonds. The van der Waals surface area contributed by atoms with Gasteiger partial charge in [-0.1, -0.05) is 0 Å². The molecule has 0 aromatic heterocycles. The second-order valence-corrected chi connectivity index (χ2v) is 9.74. The number of carbonyl (C=O) groups excluding carboxylic acids is 2. The minimum absolute atomic E-state index is 0.0199. The number of phenolic OH excluding ortho intramolecular Hbond substituents is 1. The molecule has 2 aliphatic heterocycles. The van der Waals surface area contributed by atoms with Crippen molar-refractivity contribution in [2.75, 3.05) is 7.11 Å². The lowest BCUT2D eigenvalue weighted by atomic mass is 10.0. The molecule has 1 N–H and O–H groups in total. The summed E-state index contributed by atoms with van der Waals surface area (Å²) in [5.74, 6) is 0.329.